The maximum atomic E-state index is 11.4. The highest BCUT2D eigenvalue weighted by Gasteiger charge is 2.43. The zero-order chi connectivity index (χ0) is 19.1. The number of carbonyl (C=O) groups is 1. The Morgan fingerprint density at radius 1 is 1.35 bits per heavy atom. The summed E-state index contributed by atoms with van der Waals surface area (Å²) >= 11 is 2.21. The van der Waals surface area contributed by atoms with Crippen molar-refractivity contribution in [2.75, 3.05) is 7.11 Å². The predicted molar refractivity (Wildman–Crippen MR) is 108 cm³/mol. The quantitative estimate of drug-likeness (QED) is 0.245. The van der Waals surface area contributed by atoms with Gasteiger partial charge in [-0.05, 0) is 24.0 Å². The molecule has 0 saturated carbocycles. The molecular weight excluding hydrogens is 447 g/mol. The zero-order valence-corrected chi connectivity index (χ0v) is 17.6. The fourth-order valence-corrected chi connectivity index (χ4v) is 4.41. The number of alkyl halides is 1. The van der Waals surface area contributed by atoms with E-state index in [1.54, 1.807) is 0 Å². The lowest BCUT2D eigenvalue weighted by molar-refractivity contribution is -0.141. The average molecular weight is 476 g/mol. The van der Waals surface area contributed by atoms with Crippen LogP contribution in [0, 0.1) is 0 Å². The van der Waals surface area contributed by atoms with Gasteiger partial charge in [-0.3, -0.25) is 4.79 Å². The van der Waals surface area contributed by atoms with E-state index in [9.17, 15) is 15.0 Å². The minimum Gasteiger partial charge on any atom is -0.469 e. The Morgan fingerprint density at radius 3 is 2.77 bits per heavy atom. The number of hydrogen-bond donors (Lipinski definition) is 2. The van der Waals surface area contributed by atoms with Crippen molar-refractivity contribution in [3.05, 3.63) is 35.4 Å². The molecule has 1 aliphatic rings. The van der Waals surface area contributed by atoms with Gasteiger partial charge in [-0.25, -0.2) is 0 Å². The smallest absolute Gasteiger partial charge is 0.305 e. The number of carbonyl (C=O) groups excluding carboxylic acids is 1. The van der Waals surface area contributed by atoms with E-state index >= 15 is 0 Å². The minimum atomic E-state index is -0.657. The average Bonchev–Trinajstić information content (AvgIpc) is 2.94. The van der Waals surface area contributed by atoms with Crippen LogP contribution in [0.3, 0.4) is 0 Å². The lowest BCUT2D eigenvalue weighted by atomic mass is 9.93. The van der Waals surface area contributed by atoms with Gasteiger partial charge < -0.3 is 19.7 Å². The number of benzene rings is 1. The Kier molecular flexibility index (Phi) is 8.79. The van der Waals surface area contributed by atoms with Crippen LogP contribution in [-0.2, 0) is 14.3 Å². The van der Waals surface area contributed by atoms with Crippen LogP contribution in [0.15, 0.2) is 24.3 Å². The molecule has 0 spiro atoms. The molecule has 5 atom stereocenters. The number of halogens is 1. The molecule has 1 saturated heterocycles. The maximum Gasteiger partial charge on any atom is 0.305 e. The number of methoxy groups -OCH3 is 1. The fourth-order valence-electron chi connectivity index (χ4n) is 3.39. The first-order valence-corrected chi connectivity index (χ1v) is 10.6. The molecule has 6 heteroatoms. The van der Waals surface area contributed by atoms with Crippen molar-refractivity contribution in [1.29, 1.82) is 0 Å². The van der Waals surface area contributed by atoms with Crippen molar-refractivity contribution in [3.63, 3.8) is 0 Å². The van der Waals surface area contributed by atoms with E-state index in [4.69, 9.17) is 4.74 Å². The Balaban J connectivity index is 2.11. The molecule has 1 aromatic carbocycles. The molecule has 146 valence electrons. The standard InChI is InChI=1S/C20H29IO5/c1-3-4-5-10-15(22)13-8-6-7-9-14(13)20-18(21)19(24)16(26-20)11-12-17(23)25-2/h6-9,15-16,18-20,22,24H,3-5,10-12H2,1-2H3/t15-,16-,18+,19-,20-/m0/s1. The molecule has 2 N–H and O–H groups in total. The van der Waals surface area contributed by atoms with E-state index in [1.807, 2.05) is 24.3 Å². The summed E-state index contributed by atoms with van der Waals surface area (Å²) in [4.78, 5) is 11.4. The predicted octanol–water partition coefficient (Wildman–Crippen LogP) is 3.86. The molecule has 5 nitrogen and oxygen atoms in total. The van der Waals surface area contributed by atoms with Gasteiger partial charge in [0.1, 0.15) is 0 Å². The maximum absolute atomic E-state index is 11.4. The molecule has 1 aliphatic heterocycles. The Labute approximate surface area is 169 Å². The Morgan fingerprint density at radius 2 is 2.08 bits per heavy atom. The fraction of sp³-hybridized carbons (Fsp3) is 0.650. The van der Waals surface area contributed by atoms with Gasteiger partial charge in [0.15, 0.2) is 0 Å². The van der Waals surface area contributed by atoms with Gasteiger partial charge in [-0.1, -0.05) is 73.0 Å². The van der Waals surface area contributed by atoms with Crippen molar-refractivity contribution in [3.8, 4) is 0 Å². The zero-order valence-electron chi connectivity index (χ0n) is 15.4. The highest BCUT2D eigenvalue weighted by atomic mass is 127. The van der Waals surface area contributed by atoms with Crippen LogP contribution in [0.25, 0.3) is 0 Å². The number of unbranched alkanes of at least 4 members (excludes halogenated alkanes) is 2. The van der Waals surface area contributed by atoms with E-state index in [2.05, 4.69) is 34.3 Å². The number of ether oxygens (including phenoxy) is 2. The topological polar surface area (TPSA) is 76.0 Å². The number of esters is 1. The molecule has 1 heterocycles. The van der Waals surface area contributed by atoms with Crippen LogP contribution in [-0.4, -0.2) is 39.4 Å². The minimum absolute atomic E-state index is 0.140. The second-order valence-corrected chi connectivity index (χ2v) is 8.22. The second kappa shape index (κ2) is 10.6. The van der Waals surface area contributed by atoms with Gasteiger partial charge in [0.2, 0.25) is 0 Å². The summed E-state index contributed by atoms with van der Waals surface area (Å²) in [6, 6.07) is 7.75. The van der Waals surface area contributed by atoms with Crippen LogP contribution in [0.2, 0.25) is 0 Å². The summed E-state index contributed by atoms with van der Waals surface area (Å²) < 4.78 is 10.6. The van der Waals surface area contributed by atoms with E-state index in [0.29, 0.717) is 6.42 Å². The van der Waals surface area contributed by atoms with Gasteiger partial charge in [0.05, 0.1) is 35.5 Å². The highest BCUT2D eigenvalue weighted by Crippen LogP contribution is 2.42. The van der Waals surface area contributed by atoms with Crippen molar-refractivity contribution < 1.29 is 24.5 Å². The van der Waals surface area contributed by atoms with E-state index in [-0.39, 0.29) is 22.4 Å². The molecule has 2 rings (SSSR count). The van der Waals surface area contributed by atoms with Crippen LogP contribution >= 0.6 is 22.6 Å². The first kappa shape index (κ1) is 21.6. The first-order valence-electron chi connectivity index (χ1n) is 9.30. The van der Waals surface area contributed by atoms with Crippen molar-refractivity contribution in [1.82, 2.24) is 0 Å². The largest absolute Gasteiger partial charge is 0.469 e. The first-order chi connectivity index (χ1) is 12.5. The summed E-state index contributed by atoms with van der Waals surface area (Å²) in [5.41, 5.74) is 1.80. The van der Waals surface area contributed by atoms with E-state index in [1.165, 1.54) is 7.11 Å². The molecule has 0 amide bonds. The molecule has 0 bridgehead atoms. The van der Waals surface area contributed by atoms with Gasteiger partial charge in [0, 0.05) is 6.42 Å². The van der Waals surface area contributed by atoms with Gasteiger partial charge >= 0.3 is 5.97 Å². The molecule has 0 radical (unpaired) electrons. The van der Waals surface area contributed by atoms with Gasteiger partial charge in [-0.2, -0.15) is 0 Å². The Bertz CT molecular complexity index is 579. The molecule has 26 heavy (non-hydrogen) atoms. The summed E-state index contributed by atoms with van der Waals surface area (Å²) in [5.74, 6) is -0.305. The van der Waals surface area contributed by atoms with Gasteiger partial charge in [-0.15, -0.1) is 0 Å². The third-order valence-corrected chi connectivity index (χ3v) is 6.31. The third kappa shape index (κ3) is 5.41. The van der Waals surface area contributed by atoms with Gasteiger partial charge in [0.25, 0.3) is 0 Å². The molecule has 1 aromatic rings. The number of aliphatic hydroxyl groups excluding tert-OH is 2. The number of hydrogen-bond acceptors (Lipinski definition) is 5. The second-order valence-electron chi connectivity index (χ2n) is 6.79. The molecule has 0 aromatic heterocycles. The molecule has 1 fully saturated rings. The van der Waals surface area contributed by atoms with E-state index < -0.39 is 18.3 Å². The molecule has 0 aliphatic carbocycles. The van der Waals surface area contributed by atoms with Crippen molar-refractivity contribution in [2.24, 2.45) is 0 Å². The van der Waals surface area contributed by atoms with E-state index in [0.717, 1.165) is 36.8 Å². The summed E-state index contributed by atoms with van der Waals surface area (Å²) in [6.07, 6.45) is 2.66. The van der Waals surface area contributed by atoms with Crippen LogP contribution in [0.1, 0.15) is 68.8 Å². The highest BCUT2D eigenvalue weighted by molar-refractivity contribution is 14.1. The Hall–Kier alpha value is -0.700. The number of rotatable bonds is 9. The number of aliphatic hydroxyl groups is 2. The lowest BCUT2D eigenvalue weighted by Gasteiger charge is -2.21. The van der Waals surface area contributed by atoms with Crippen molar-refractivity contribution in [2.45, 2.75) is 73.8 Å². The van der Waals surface area contributed by atoms with Crippen molar-refractivity contribution >= 4 is 28.6 Å². The van der Waals surface area contributed by atoms with Crippen LogP contribution in [0.4, 0.5) is 0 Å². The molecular formula is C20H29IO5. The monoisotopic (exact) mass is 476 g/mol. The SMILES string of the molecule is CCCCC[C@H](O)c1ccccc1[C@@H]1O[C@@H](CCC(=O)OC)[C@H](O)[C@H]1I. The lowest BCUT2D eigenvalue weighted by Crippen LogP contribution is -2.27. The normalized spacial score (nSPS) is 26.7. The summed E-state index contributed by atoms with van der Waals surface area (Å²) in [7, 11) is 1.36. The summed E-state index contributed by atoms with van der Waals surface area (Å²) in [5, 5.41) is 21.2. The van der Waals surface area contributed by atoms with Crippen LogP contribution in [0.5, 0.6) is 0 Å². The third-order valence-electron chi connectivity index (χ3n) is 4.92. The summed E-state index contributed by atoms with van der Waals surface area (Å²) in [6.45, 7) is 2.14. The molecule has 0 unspecified atom stereocenters. The van der Waals surface area contributed by atoms with Crippen LogP contribution < -0.4 is 0 Å².